The molecule has 2 fully saturated rings. The number of hydrogen-bond donors (Lipinski definition) is 0. The summed E-state index contributed by atoms with van der Waals surface area (Å²) in [5.41, 5.74) is 0. The predicted octanol–water partition coefficient (Wildman–Crippen LogP) is 1.25. The van der Waals surface area contributed by atoms with Crippen molar-refractivity contribution in [2.24, 2.45) is 5.92 Å². The third-order valence-corrected chi connectivity index (χ3v) is 4.86. The molecule has 2 aliphatic rings. The van der Waals surface area contributed by atoms with Gasteiger partial charge in [-0.25, -0.2) is 4.68 Å². The average Bonchev–Trinajstić information content (AvgIpc) is 3.16. The summed E-state index contributed by atoms with van der Waals surface area (Å²) in [5.74, 6) is 0.549. The third kappa shape index (κ3) is 4.04. The normalized spacial score (nSPS) is 29.2. The van der Waals surface area contributed by atoms with Crippen LogP contribution >= 0.6 is 0 Å². The van der Waals surface area contributed by atoms with Crippen LogP contribution in [0.2, 0.25) is 0 Å². The van der Waals surface area contributed by atoms with Gasteiger partial charge in [0.15, 0.2) is 5.82 Å². The molecule has 0 radical (unpaired) electrons. The van der Waals surface area contributed by atoms with Gasteiger partial charge in [-0.05, 0) is 23.3 Å². The summed E-state index contributed by atoms with van der Waals surface area (Å²) in [6.45, 7) is 0.877. The molecule has 1 saturated heterocycles. The quantitative estimate of drug-likeness (QED) is 0.797. The molecule has 10 heteroatoms. The number of nitrogens with zero attached hydrogens (tertiary/aromatic N) is 5. The maximum absolute atomic E-state index is 12.6. The lowest BCUT2D eigenvalue weighted by Gasteiger charge is -2.40. The van der Waals surface area contributed by atoms with E-state index in [1.807, 2.05) is 0 Å². The number of ether oxygens (including phenoxy) is 2. The van der Waals surface area contributed by atoms with Crippen LogP contribution in [0.4, 0.5) is 13.2 Å². The van der Waals surface area contributed by atoms with E-state index in [0.717, 1.165) is 23.9 Å². The standard InChI is InChI=1S/C14H22F3N5O2/c1-23-12-4-2-3-10(12)11-8-24-6-5-21(11)7-13-18-19-20-22(13)9-14(15,16)17/h10-12H,2-9H2,1H3. The van der Waals surface area contributed by atoms with Gasteiger partial charge in [0.25, 0.3) is 0 Å². The molecule has 136 valence electrons. The number of aromatic nitrogens is 4. The van der Waals surface area contributed by atoms with E-state index in [0.29, 0.717) is 25.7 Å². The summed E-state index contributed by atoms with van der Waals surface area (Å²) in [6, 6.07) is 0.113. The van der Waals surface area contributed by atoms with Crippen molar-refractivity contribution in [3.8, 4) is 0 Å². The van der Waals surface area contributed by atoms with Gasteiger partial charge in [0.05, 0.1) is 25.9 Å². The van der Waals surface area contributed by atoms with Crippen molar-refractivity contribution in [3.05, 3.63) is 5.82 Å². The van der Waals surface area contributed by atoms with Crippen LogP contribution in [-0.4, -0.2) is 70.3 Å². The van der Waals surface area contributed by atoms with E-state index in [4.69, 9.17) is 9.47 Å². The fraction of sp³-hybridized carbons (Fsp3) is 0.929. The van der Waals surface area contributed by atoms with E-state index in [-0.39, 0.29) is 24.5 Å². The Kier molecular flexibility index (Phi) is 5.36. The molecule has 2 heterocycles. The van der Waals surface area contributed by atoms with Gasteiger partial charge < -0.3 is 9.47 Å². The fourth-order valence-electron chi connectivity index (χ4n) is 3.75. The maximum atomic E-state index is 12.6. The van der Waals surface area contributed by atoms with Crippen LogP contribution in [0.15, 0.2) is 0 Å². The number of tetrazole rings is 1. The van der Waals surface area contributed by atoms with Crippen LogP contribution < -0.4 is 0 Å². The molecule has 0 amide bonds. The molecule has 7 nitrogen and oxygen atoms in total. The topological polar surface area (TPSA) is 65.3 Å². The van der Waals surface area contributed by atoms with Crippen molar-refractivity contribution >= 4 is 0 Å². The first-order valence-electron chi connectivity index (χ1n) is 8.14. The molecular weight excluding hydrogens is 327 g/mol. The Morgan fingerprint density at radius 3 is 2.92 bits per heavy atom. The van der Waals surface area contributed by atoms with Gasteiger partial charge in [-0.1, -0.05) is 6.42 Å². The molecule has 1 saturated carbocycles. The number of morpholine rings is 1. The molecule has 3 rings (SSSR count). The third-order valence-electron chi connectivity index (χ3n) is 4.86. The second-order valence-electron chi connectivity index (χ2n) is 6.35. The van der Waals surface area contributed by atoms with Crippen LogP contribution in [0.1, 0.15) is 25.1 Å². The summed E-state index contributed by atoms with van der Waals surface area (Å²) >= 11 is 0. The Bertz CT molecular complexity index is 539. The average molecular weight is 349 g/mol. The Labute approximate surface area is 138 Å². The van der Waals surface area contributed by atoms with E-state index in [1.54, 1.807) is 7.11 Å². The highest BCUT2D eigenvalue weighted by Crippen LogP contribution is 2.34. The number of alkyl halides is 3. The molecule has 24 heavy (non-hydrogen) atoms. The second-order valence-corrected chi connectivity index (χ2v) is 6.35. The van der Waals surface area contributed by atoms with Gasteiger partial charge in [-0.3, -0.25) is 4.90 Å². The Morgan fingerprint density at radius 2 is 2.17 bits per heavy atom. The summed E-state index contributed by atoms with van der Waals surface area (Å²) in [6.07, 6.45) is -1.03. The van der Waals surface area contributed by atoms with Crippen LogP contribution in [0, 0.1) is 5.92 Å². The van der Waals surface area contributed by atoms with Crippen LogP contribution in [0.5, 0.6) is 0 Å². The summed E-state index contributed by atoms with van der Waals surface area (Å²) in [4.78, 5) is 2.13. The molecular formula is C14H22F3N5O2. The van der Waals surface area contributed by atoms with Crippen LogP contribution in [0.3, 0.4) is 0 Å². The minimum absolute atomic E-state index is 0.113. The van der Waals surface area contributed by atoms with E-state index >= 15 is 0 Å². The van der Waals surface area contributed by atoms with Crippen molar-refractivity contribution in [2.75, 3.05) is 26.9 Å². The van der Waals surface area contributed by atoms with Gasteiger partial charge in [0, 0.05) is 25.6 Å². The summed E-state index contributed by atoms with van der Waals surface area (Å²) < 4.78 is 49.9. The smallest absolute Gasteiger partial charge is 0.381 e. The first-order valence-corrected chi connectivity index (χ1v) is 8.14. The van der Waals surface area contributed by atoms with Gasteiger partial charge in [0.1, 0.15) is 6.54 Å². The highest BCUT2D eigenvalue weighted by molar-refractivity contribution is 4.93. The van der Waals surface area contributed by atoms with Gasteiger partial charge in [-0.15, -0.1) is 5.10 Å². The Balaban J connectivity index is 1.72. The monoisotopic (exact) mass is 349 g/mol. The first kappa shape index (κ1) is 17.6. The van der Waals surface area contributed by atoms with E-state index in [2.05, 4.69) is 20.4 Å². The Hall–Kier alpha value is -1.26. The molecule has 1 aliphatic carbocycles. The van der Waals surface area contributed by atoms with Crippen molar-refractivity contribution in [1.29, 1.82) is 0 Å². The largest absolute Gasteiger partial charge is 0.408 e. The highest BCUT2D eigenvalue weighted by atomic mass is 19.4. The van der Waals surface area contributed by atoms with E-state index in [9.17, 15) is 13.2 Å². The summed E-state index contributed by atoms with van der Waals surface area (Å²) in [7, 11) is 1.71. The minimum atomic E-state index is -4.35. The fourth-order valence-corrected chi connectivity index (χ4v) is 3.75. The zero-order valence-electron chi connectivity index (χ0n) is 13.6. The van der Waals surface area contributed by atoms with Crippen molar-refractivity contribution < 1.29 is 22.6 Å². The van der Waals surface area contributed by atoms with Crippen molar-refractivity contribution in [3.63, 3.8) is 0 Å². The molecule has 0 bridgehead atoms. The molecule has 0 spiro atoms. The molecule has 1 aromatic rings. The maximum Gasteiger partial charge on any atom is 0.408 e. The zero-order valence-corrected chi connectivity index (χ0v) is 13.6. The summed E-state index contributed by atoms with van der Waals surface area (Å²) in [5, 5.41) is 10.7. The lowest BCUT2D eigenvalue weighted by Crippen LogP contribution is -2.51. The number of rotatable bonds is 5. The van der Waals surface area contributed by atoms with Gasteiger partial charge in [-0.2, -0.15) is 13.2 Å². The predicted molar refractivity (Wildman–Crippen MR) is 77.0 cm³/mol. The number of hydrogen-bond acceptors (Lipinski definition) is 6. The lowest BCUT2D eigenvalue weighted by atomic mass is 9.94. The lowest BCUT2D eigenvalue weighted by molar-refractivity contribution is -0.143. The van der Waals surface area contributed by atoms with Crippen LogP contribution in [0.25, 0.3) is 0 Å². The number of halogens is 3. The van der Waals surface area contributed by atoms with Crippen molar-refractivity contribution in [2.45, 2.75) is 50.7 Å². The highest BCUT2D eigenvalue weighted by Gasteiger charge is 2.39. The number of methoxy groups -OCH3 is 1. The van der Waals surface area contributed by atoms with Crippen molar-refractivity contribution in [1.82, 2.24) is 25.1 Å². The minimum Gasteiger partial charge on any atom is -0.381 e. The Morgan fingerprint density at radius 1 is 1.33 bits per heavy atom. The molecule has 1 aromatic heterocycles. The molecule has 0 N–H and O–H groups in total. The van der Waals surface area contributed by atoms with E-state index < -0.39 is 12.7 Å². The van der Waals surface area contributed by atoms with E-state index in [1.165, 1.54) is 0 Å². The molecule has 0 aromatic carbocycles. The molecule has 3 atom stereocenters. The van der Waals surface area contributed by atoms with Gasteiger partial charge >= 0.3 is 6.18 Å². The van der Waals surface area contributed by atoms with Crippen LogP contribution in [-0.2, 0) is 22.6 Å². The zero-order chi connectivity index (χ0) is 17.2. The van der Waals surface area contributed by atoms with Gasteiger partial charge in [0.2, 0.25) is 0 Å². The molecule has 1 aliphatic heterocycles. The molecule has 3 unspecified atom stereocenters. The SMILES string of the molecule is COC1CCCC1C1COCCN1Cc1nnnn1CC(F)(F)F. The second kappa shape index (κ2) is 7.32. The first-order chi connectivity index (χ1) is 11.5.